The van der Waals surface area contributed by atoms with E-state index >= 15 is 0 Å². The van der Waals surface area contributed by atoms with E-state index in [4.69, 9.17) is 0 Å². The van der Waals surface area contributed by atoms with Gasteiger partial charge >= 0.3 is 0 Å². The molecule has 0 radical (unpaired) electrons. The fraction of sp³-hybridized carbons (Fsp3) is 0.438. The molecule has 0 saturated heterocycles. The summed E-state index contributed by atoms with van der Waals surface area (Å²) < 4.78 is 0. The number of carbonyl (C=O) groups is 1. The lowest BCUT2D eigenvalue weighted by molar-refractivity contribution is -0.121. The number of benzene rings is 1. The fourth-order valence-electron chi connectivity index (χ4n) is 2.19. The number of aromatic nitrogens is 1. The van der Waals surface area contributed by atoms with Gasteiger partial charge in [-0.2, -0.15) is 0 Å². The van der Waals surface area contributed by atoms with Crippen molar-refractivity contribution in [3.8, 4) is 0 Å². The second kappa shape index (κ2) is 7.10. The van der Waals surface area contributed by atoms with Crippen molar-refractivity contribution in [1.82, 2.24) is 10.3 Å². The molecule has 2 rings (SSSR count). The third kappa shape index (κ3) is 4.10. The van der Waals surface area contributed by atoms with Crippen LogP contribution in [0.15, 0.2) is 30.5 Å². The van der Waals surface area contributed by atoms with Gasteiger partial charge in [-0.25, -0.2) is 0 Å². The van der Waals surface area contributed by atoms with Gasteiger partial charge in [0.2, 0.25) is 5.91 Å². The zero-order chi connectivity index (χ0) is 14.4. The average molecular weight is 274 g/mol. The van der Waals surface area contributed by atoms with Crippen LogP contribution in [0.1, 0.15) is 31.7 Å². The Balaban J connectivity index is 1.75. The molecule has 1 atom stereocenters. The molecule has 4 nitrogen and oxygen atoms in total. The average Bonchev–Trinajstić information content (AvgIpc) is 2.92. The Morgan fingerprint density at radius 3 is 3.05 bits per heavy atom. The number of nitrogens with one attached hydrogen (secondary N) is 2. The lowest BCUT2D eigenvalue weighted by atomic mass is 10.1. The maximum Gasteiger partial charge on any atom is 0.220 e. The molecule has 0 aliphatic carbocycles. The van der Waals surface area contributed by atoms with Crippen LogP contribution in [0.3, 0.4) is 0 Å². The van der Waals surface area contributed by atoms with Crippen LogP contribution in [0.4, 0.5) is 0 Å². The van der Waals surface area contributed by atoms with E-state index in [1.165, 1.54) is 10.9 Å². The van der Waals surface area contributed by atoms with Gasteiger partial charge in [-0.15, -0.1) is 0 Å². The number of hydrogen-bond donors (Lipinski definition) is 3. The van der Waals surface area contributed by atoms with Crippen molar-refractivity contribution >= 4 is 16.8 Å². The molecule has 1 aromatic heterocycles. The first-order chi connectivity index (χ1) is 9.69. The molecule has 0 fully saturated rings. The van der Waals surface area contributed by atoms with Crippen molar-refractivity contribution in [3.05, 3.63) is 36.0 Å². The van der Waals surface area contributed by atoms with Crippen molar-refractivity contribution in [2.45, 2.75) is 38.7 Å². The van der Waals surface area contributed by atoms with Crippen molar-refractivity contribution in [3.63, 3.8) is 0 Å². The predicted molar refractivity (Wildman–Crippen MR) is 80.5 cm³/mol. The van der Waals surface area contributed by atoms with Crippen LogP contribution in [-0.2, 0) is 11.2 Å². The minimum atomic E-state index is -0.314. The smallest absolute Gasteiger partial charge is 0.220 e. The van der Waals surface area contributed by atoms with Gasteiger partial charge in [-0.05, 0) is 48.4 Å². The van der Waals surface area contributed by atoms with E-state index in [0.29, 0.717) is 19.4 Å². The molecule has 20 heavy (non-hydrogen) atoms. The molecule has 1 aromatic carbocycles. The molecular formula is C16H22N2O2. The summed E-state index contributed by atoms with van der Waals surface area (Å²) in [6.07, 6.45) is 4.18. The van der Waals surface area contributed by atoms with Gasteiger partial charge in [0.1, 0.15) is 0 Å². The monoisotopic (exact) mass is 274 g/mol. The largest absolute Gasteiger partial charge is 0.393 e. The molecule has 0 bridgehead atoms. The highest BCUT2D eigenvalue weighted by atomic mass is 16.3. The Labute approximate surface area is 119 Å². The topological polar surface area (TPSA) is 65.1 Å². The summed E-state index contributed by atoms with van der Waals surface area (Å²) in [5.74, 6) is 0.0440. The van der Waals surface area contributed by atoms with Crippen LogP contribution < -0.4 is 5.32 Å². The quantitative estimate of drug-likeness (QED) is 0.725. The zero-order valence-electron chi connectivity index (χ0n) is 11.9. The van der Waals surface area contributed by atoms with E-state index in [2.05, 4.69) is 16.4 Å². The third-order valence-corrected chi connectivity index (χ3v) is 3.53. The van der Waals surface area contributed by atoms with Crippen LogP contribution >= 0.6 is 0 Å². The summed E-state index contributed by atoms with van der Waals surface area (Å²) in [6, 6.07) is 8.23. The number of rotatable bonds is 7. The summed E-state index contributed by atoms with van der Waals surface area (Å²) in [5, 5.41) is 13.4. The van der Waals surface area contributed by atoms with Crippen molar-refractivity contribution < 1.29 is 9.90 Å². The van der Waals surface area contributed by atoms with Crippen molar-refractivity contribution in [2.75, 3.05) is 6.54 Å². The number of aliphatic hydroxyl groups is 1. The molecule has 1 amide bonds. The van der Waals surface area contributed by atoms with Crippen LogP contribution in [0, 0.1) is 0 Å². The van der Waals surface area contributed by atoms with E-state index in [9.17, 15) is 9.90 Å². The lowest BCUT2D eigenvalue weighted by Gasteiger charge is -2.09. The first-order valence-electron chi connectivity index (χ1n) is 7.20. The number of aliphatic hydroxyl groups excluding tert-OH is 1. The minimum Gasteiger partial charge on any atom is -0.393 e. The number of aromatic amines is 1. The highest BCUT2D eigenvalue weighted by Crippen LogP contribution is 2.15. The maximum atomic E-state index is 11.7. The Hall–Kier alpha value is -1.81. The zero-order valence-corrected chi connectivity index (χ0v) is 11.9. The number of H-pyrrole nitrogens is 1. The van der Waals surface area contributed by atoms with Crippen molar-refractivity contribution in [1.29, 1.82) is 0 Å². The molecule has 1 heterocycles. The van der Waals surface area contributed by atoms with Gasteiger partial charge in [0.15, 0.2) is 0 Å². The molecule has 0 saturated carbocycles. The summed E-state index contributed by atoms with van der Waals surface area (Å²) in [4.78, 5) is 14.9. The second-order valence-corrected chi connectivity index (χ2v) is 5.10. The summed E-state index contributed by atoms with van der Waals surface area (Å²) >= 11 is 0. The van der Waals surface area contributed by atoms with Gasteiger partial charge in [-0.1, -0.05) is 13.0 Å². The molecule has 3 N–H and O–H groups in total. The molecular weight excluding hydrogens is 252 g/mol. The summed E-state index contributed by atoms with van der Waals surface area (Å²) in [5.41, 5.74) is 2.28. The molecule has 0 spiro atoms. The van der Waals surface area contributed by atoms with Crippen LogP contribution in [0.2, 0.25) is 0 Å². The van der Waals surface area contributed by atoms with E-state index in [1.54, 1.807) is 0 Å². The first-order valence-corrected chi connectivity index (χ1v) is 7.20. The highest BCUT2D eigenvalue weighted by molar-refractivity contribution is 5.80. The Morgan fingerprint density at radius 1 is 1.40 bits per heavy atom. The minimum absolute atomic E-state index is 0.0440. The molecule has 0 aliphatic rings. The van der Waals surface area contributed by atoms with Gasteiger partial charge in [0.25, 0.3) is 0 Å². The Bertz CT molecular complexity index is 562. The number of amides is 1. The van der Waals surface area contributed by atoms with E-state index in [1.807, 2.05) is 31.3 Å². The van der Waals surface area contributed by atoms with E-state index in [0.717, 1.165) is 18.4 Å². The molecule has 1 unspecified atom stereocenters. The van der Waals surface area contributed by atoms with E-state index < -0.39 is 0 Å². The van der Waals surface area contributed by atoms with Gasteiger partial charge < -0.3 is 15.4 Å². The standard InChI is InChI=1S/C16H22N2O2/c1-2-14(19)8-10-18-16(20)6-4-12-3-5-15-13(11-12)7-9-17-15/h3,5,7,9,11,14,17,19H,2,4,6,8,10H2,1H3,(H,18,20). The lowest BCUT2D eigenvalue weighted by Crippen LogP contribution is -2.27. The maximum absolute atomic E-state index is 11.7. The summed E-state index contributed by atoms with van der Waals surface area (Å²) in [7, 11) is 0. The number of fused-ring (bicyclic) bond motifs is 1. The number of aryl methyl sites for hydroxylation is 1. The summed E-state index contributed by atoms with van der Waals surface area (Å²) in [6.45, 7) is 2.48. The Kier molecular flexibility index (Phi) is 5.18. The molecule has 108 valence electrons. The molecule has 0 aliphatic heterocycles. The second-order valence-electron chi connectivity index (χ2n) is 5.10. The SMILES string of the molecule is CCC(O)CCNC(=O)CCc1ccc2[nH]ccc2c1. The predicted octanol–water partition coefficient (Wildman–Crippen LogP) is 2.38. The van der Waals surface area contributed by atoms with Gasteiger partial charge in [0.05, 0.1) is 6.10 Å². The van der Waals surface area contributed by atoms with E-state index in [-0.39, 0.29) is 12.0 Å². The Morgan fingerprint density at radius 2 is 2.25 bits per heavy atom. The first kappa shape index (κ1) is 14.6. The normalized spacial score (nSPS) is 12.5. The fourth-order valence-corrected chi connectivity index (χ4v) is 2.19. The van der Waals surface area contributed by atoms with Crippen LogP contribution in [-0.4, -0.2) is 28.6 Å². The van der Waals surface area contributed by atoms with Crippen molar-refractivity contribution in [2.24, 2.45) is 0 Å². The third-order valence-electron chi connectivity index (χ3n) is 3.53. The molecule has 2 aromatic rings. The number of carbonyl (C=O) groups excluding carboxylic acids is 1. The highest BCUT2D eigenvalue weighted by Gasteiger charge is 2.05. The van der Waals surface area contributed by atoms with Crippen LogP contribution in [0.5, 0.6) is 0 Å². The van der Waals surface area contributed by atoms with Crippen LogP contribution in [0.25, 0.3) is 10.9 Å². The van der Waals surface area contributed by atoms with Gasteiger partial charge in [-0.3, -0.25) is 4.79 Å². The number of hydrogen-bond acceptors (Lipinski definition) is 2. The molecule has 4 heteroatoms. The van der Waals surface area contributed by atoms with Gasteiger partial charge in [0, 0.05) is 24.7 Å².